The van der Waals surface area contributed by atoms with Crippen LogP contribution < -0.4 is 10.2 Å². The van der Waals surface area contributed by atoms with Crippen molar-refractivity contribution in [2.45, 2.75) is 39.7 Å². The van der Waals surface area contributed by atoms with Gasteiger partial charge in [-0.25, -0.2) is 4.98 Å². The van der Waals surface area contributed by atoms with Crippen LogP contribution in [0.15, 0.2) is 24.5 Å². The Balaban J connectivity index is 1.73. The lowest BCUT2D eigenvalue weighted by atomic mass is 10.1. The first-order valence-electron chi connectivity index (χ1n) is 7.96. The Morgan fingerprint density at radius 1 is 1.14 bits per heavy atom. The van der Waals surface area contributed by atoms with E-state index in [-0.39, 0.29) is 0 Å². The van der Waals surface area contributed by atoms with Crippen LogP contribution in [0.25, 0.3) is 0 Å². The monoisotopic (exact) mass is 297 g/mol. The fourth-order valence-corrected chi connectivity index (χ4v) is 2.77. The van der Waals surface area contributed by atoms with Gasteiger partial charge >= 0.3 is 0 Å². The molecule has 0 atom stereocenters. The third-order valence-electron chi connectivity index (χ3n) is 4.08. The van der Waals surface area contributed by atoms with Crippen molar-refractivity contribution in [2.75, 3.05) is 23.3 Å². The Bertz CT molecular complexity index is 635. The summed E-state index contributed by atoms with van der Waals surface area (Å²) >= 11 is 0. The van der Waals surface area contributed by atoms with E-state index in [0.29, 0.717) is 0 Å². The zero-order valence-electron chi connectivity index (χ0n) is 13.3. The normalized spacial score (nSPS) is 14.9. The van der Waals surface area contributed by atoms with Crippen molar-refractivity contribution in [3.63, 3.8) is 0 Å². The second-order valence-corrected chi connectivity index (χ2v) is 5.90. The van der Waals surface area contributed by atoms with Gasteiger partial charge in [0.2, 0.25) is 5.95 Å². The number of rotatable bonds is 4. The van der Waals surface area contributed by atoms with E-state index in [4.69, 9.17) is 4.98 Å². The molecule has 1 aliphatic rings. The number of anilines is 2. The fourth-order valence-electron chi connectivity index (χ4n) is 2.77. The second-order valence-electron chi connectivity index (χ2n) is 5.90. The molecule has 116 valence electrons. The first kappa shape index (κ1) is 14.8. The van der Waals surface area contributed by atoms with Crippen LogP contribution in [-0.2, 0) is 6.54 Å². The molecule has 1 aliphatic heterocycles. The van der Waals surface area contributed by atoms with Gasteiger partial charge in [-0.3, -0.25) is 4.98 Å². The van der Waals surface area contributed by atoms with E-state index in [0.717, 1.165) is 37.1 Å². The summed E-state index contributed by atoms with van der Waals surface area (Å²) in [6.45, 7) is 6.98. The minimum atomic E-state index is 0.754. The highest BCUT2D eigenvalue weighted by Gasteiger charge is 2.14. The average molecular weight is 297 g/mol. The van der Waals surface area contributed by atoms with Crippen molar-refractivity contribution in [3.8, 4) is 0 Å². The van der Waals surface area contributed by atoms with Crippen LogP contribution in [0.4, 0.5) is 11.8 Å². The van der Waals surface area contributed by atoms with E-state index < -0.39 is 0 Å². The highest BCUT2D eigenvalue weighted by atomic mass is 15.3. The molecule has 2 aromatic rings. The van der Waals surface area contributed by atoms with Crippen LogP contribution in [0.3, 0.4) is 0 Å². The van der Waals surface area contributed by atoms with Crippen LogP contribution in [0.1, 0.15) is 36.1 Å². The van der Waals surface area contributed by atoms with Crippen molar-refractivity contribution in [1.82, 2.24) is 15.0 Å². The van der Waals surface area contributed by atoms with Crippen LogP contribution in [0.2, 0.25) is 0 Å². The van der Waals surface area contributed by atoms with Crippen molar-refractivity contribution < 1.29 is 0 Å². The van der Waals surface area contributed by atoms with E-state index in [1.165, 1.54) is 30.4 Å². The molecule has 2 aromatic heterocycles. The highest BCUT2D eigenvalue weighted by molar-refractivity contribution is 5.44. The molecule has 0 aromatic carbocycles. The zero-order chi connectivity index (χ0) is 15.4. The van der Waals surface area contributed by atoms with Gasteiger partial charge in [0, 0.05) is 43.8 Å². The van der Waals surface area contributed by atoms with Gasteiger partial charge in [-0.1, -0.05) is 0 Å². The van der Waals surface area contributed by atoms with Crippen LogP contribution in [0.5, 0.6) is 0 Å². The summed E-state index contributed by atoms with van der Waals surface area (Å²) in [4.78, 5) is 15.7. The number of piperidine rings is 1. The van der Waals surface area contributed by atoms with Crippen LogP contribution in [-0.4, -0.2) is 28.0 Å². The quantitative estimate of drug-likeness (QED) is 0.940. The summed E-state index contributed by atoms with van der Waals surface area (Å²) < 4.78 is 0. The Labute approximate surface area is 131 Å². The molecule has 0 amide bonds. The molecule has 0 saturated carbocycles. The number of nitrogens with zero attached hydrogens (tertiary/aromatic N) is 4. The Kier molecular flexibility index (Phi) is 4.51. The maximum absolute atomic E-state index is 4.69. The molecule has 5 nitrogen and oxygen atoms in total. The van der Waals surface area contributed by atoms with Crippen LogP contribution in [0, 0.1) is 13.8 Å². The molecule has 0 spiro atoms. The number of pyridine rings is 1. The van der Waals surface area contributed by atoms with Gasteiger partial charge in [-0.15, -0.1) is 0 Å². The van der Waals surface area contributed by atoms with Crippen molar-refractivity contribution in [3.05, 3.63) is 41.3 Å². The number of hydrogen-bond acceptors (Lipinski definition) is 5. The first-order chi connectivity index (χ1) is 10.7. The molecule has 1 N–H and O–H groups in total. The predicted molar refractivity (Wildman–Crippen MR) is 89.1 cm³/mol. The first-order valence-corrected chi connectivity index (χ1v) is 7.96. The number of hydrogen-bond donors (Lipinski definition) is 1. The largest absolute Gasteiger partial charge is 0.366 e. The van der Waals surface area contributed by atoms with Gasteiger partial charge in [0.1, 0.15) is 5.82 Å². The molecule has 3 heterocycles. The van der Waals surface area contributed by atoms with Crippen LogP contribution >= 0.6 is 0 Å². The number of aryl methyl sites for hydroxylation is 2. The summed E-state index contributed by atoms with van der Waals surface area (Å²) in [6.07, 6.45) is 7.50. The van der Waals surface area contributed by atoms with Crippen molar-refractivity contribution >= 4 is 11.8 Å². The van der Waals surface area contributed by atoms with E-state index in [1.54, 1.807) is 0 Å². The standard InChI is InChI=1S/C17H23N5/c1-13-11-18-7-6-15(13)12-19-16-10-14(2)20-17(21-16)22-8-4-3-5-9-22/h6-7,10-11H,3-5,8-9,12H2,1-2H3,(H,19,20,21). The fraction of sp³-hybridized carbons (Fsp3) is 0.471. The lowest BCUT2D eigenvalue weighted by molar-refractivity contribution is 0.568. The number of aromatic nitrogens is 3. The summed E-state index contributed by atoms with van der Waals surface area (Å²) in [5.41, 5.74) is 3.44. The van der Waals surface area contributed by atoms with E-state index in [1.807, 2.05) is 31.5 Å². The summed E-state index contributed by atoms with van der Waals surface area (Å²) in [5.74, 6) is 1.75. The highest BCUT2D eigenvalue weighted by Crippen LogP contribution is 2.19. The molecular weight excluding hydrogens is 274 g/mol. The van der Waals surface area contributed by atoms with E-state index in [9.17, 15) is 0 Å². The third kappa shape index (κ3) is 3.53. The number of nitrogens with one attached hydrogen (secondary N) is 1. The van der Waals surface area contributed by atoms with Crippen molar-refractivity contribution in [1.29, 1.82) is 0 Å². The summed E-state index contributed by atoms with van der Waals surface area (Å²) in [6, 6.07) is 4.05. The smallest absolute Gasteiger partial charge is 0.227 e. The minimum Gasteiger partial charge on any atom is -0.366 e. The average Bonchev–Trinajstić information content (AvgIpc) is 2.54. The minimum absolute atomic E-state index is 0.754. The molecule has 22 heavy (non-hydrogen) atoms. The van der Waals surface area contributed by atoms with Gasteiger partial charge in [0.15, 0.2) is 0 Å². The SMILES string of the molecule is Cc1cc(NCc2ccncc2C)nc(N2CCCCC2)n1. The maximum Gasteiger partial charge on any atom is 0.227 e. The van der Waals surface area contributed by atoms with E-state index >= 15 is 0 Å². The summed E-state index contributed by atoms with van der Waals surface area (Å²) in [5, 5.41) is 3.42. The zero-order valence-corrected chi connectivity index (χ0v) is 13.3. The Morgan fingerprint density at radius 2 is 1.95 bits per heavy atom. The second kappa shape index (κ2) is 6.73. The van der Waals surface area contributed by atoms with E-state index in [2.05, 4.69) is 27.1 Å². The Hall–Kier alpha value is -2.17. The lowest BCUT2D eigenvalue weighted by Crippen LogP contribution is -2.31. The molecule has 5 heteroatoms. The molecule has 1 fully saturated rings. The molecule has 0 unspecified atom stereocenters. The van der Waals surface area contributed by atoms with Gasteiger partial charge in [-0.2, -0.15) is 4.98 Å². The van der Waals surface area contributed by atoms with Gasteiger partial charge in [0.05, 0.1) is 0 Å². The van der Waals surface area contributed by atoms with Crippen molar-refractivity contribution in [2.24, 2.45) is 0 Å². The predicted octanol–water partition coefficient (Wildman–Crippen LogP) is 3.09. The van der Waals surface area contributed by atoms with Gasteiger partial charge in [0.25, 0.3) is 0 Å². The molecular formula is C17H23N5. The lowest BCUT2D eigenvalue weighted by Gasteiger charge is -2.27. The molecule has 1 saturated heterocycles. The third-order valence-corrected chi connectivity index (χ3v) is 4.08. The topological polar surface area (TPSA) is 53.9 Å². The van der Waals surface area contributed by atoms with Gasteiger partial charge < -0.3 is 10.2 Å². The molecule has 0 radical (unpaired) electrons. The molecule has 0 bridgehead atoms. The maximum atomic E-state index is 4.69. The Morgan fingerprint density at radius 3 is 2.73 bits per heavy atom. The van der Waals surface area contributed by atoms with Gasteiger partial charge in [-0.05, 0) is 50.3 Å². The molecule has 0 aliphatic carbocycles. The molecule has 3 rings (SSSR count). The summed E-state index contributed by atoms with van der Waals surface area (Å²) in [7, 11) is 0.